The summed E-state index contributed by atoms with van der Waals surface area (Å²) in [5.74, 6) is 0. The molecule has 19 heavy (non-hydrogen) atoms. The van der Waals surface area contributed by atoms with Gasteiger partial charge in [-0.05, 0) is 18.2 Å². The smallest absolute Gasteiger partial charge is 0.389 e. The molecule has 104 valence electrons. The molecule has 1 aliphatic heterocycles. The number of alkyl halides is 3. The average molecular weight is 276 g/mol. The van der Waals surface area contributed by atoms with Gasteiger partial charge in [-0.3, -0.25) is 4.84 Å². The summed E-state index contributed by atoms with van der Waals surface area (Å²) in [6.45, 7) is -0.0409. The van der Waals surface area contributed by atoms with Crippen LogP contribution in [0.4, 0.5) is 23.7 Å². The molecular weight excluding hydrogens is 265 g/mol. The minimum atomic E-state index is -4.47. The van der Waals surface area contributed by atoms with Crippen molar-refractivity contribution in [3.8, 4) is 0 Å². The topological polar surface area (TPSA) is 61.8 Å². The number of nitrogens with one attached hydrogen (secondary N) is 1. The fourth-order valence-electron chi connectivity index (χ4n) is 1.57. The first-order chi connectivity index (χ1) is 8.86. The summed E-state index contributed by atoms with van der Waals surface area (Å²) in [6, 6.07) is 3.53. The van der Waals surface area contributed by atoms with E-state index in [2.05, 4.69) is 5.32 Å². The molecule has 5 nitrogen and oxygen atoms in total. The Balaban J connectivity index is 2.05. The summed E-state index contributed by atoms with van der Waals surface area (Å²) in [6.07, 6.45) is -5.26. The number of nitrogens with zero attached hydrogens (tertiary/aromatic N) is 1. The molecule has 1 aromatic carbocycles. The van der Waals surface area contributed by atoms with Crippen LogP contribution in [0.2, 0.25) is 0 Å². The van der Waals surface area contributed by atoms with Crippen molar-refractivity contribution in [3.05, 3.63) is 29.8 Å². The van der Waals surface area contributed by atoms with Crippen LogP contribution in [-0.4, -0.2) is 35.5 Å². The van der Waals surface area contributed by atoms with Gasteiger partial charge in [0.05, 0.1) is 12.1 Å². The van der Waals surface area contributed by atoms with E-state index < -0.39 is 23.9 Å². The number of carbonyl (C=O) groups excluding carboxylic acids is 1. The Hall–Kier alpha value is -1.80. The third-order valence-electron chi connectivity index (χ3n) is 2.47. The van der Waals surface area contributed by atoms with Gasteiger partial charge in [-0.25, -0.2) is 9.86 Å². The van der Waals surface area contributed by atoms with Crippen LogP contribution in [0.3, 0.4) is 0 Å². The number of hydroxylamine groups is 2. The van der Waals surface area contributed by atoms with Crippen LogP contribution < -0.4 is 5.32 Å². The van der Waals surface area contributed by atoms with E-state index in [4.69, 9.17) is 9.94 Å². The van der Waals surface area contributed by atoms with Gasteiger partial charge in [0.1, 0.15) is 12.7 Å². The van der Waals surface area contributed by atoms with Crippen molar-refractivity contribution in [2.75, 3.05) is 18.5 Å². The van der Waals surface area contributed by atoms with Crippen LogP contribution in [0.5, 0.6) is 0 Å². The summed E-state index contributed by atoms with van der Waals surface area (Å²) < 4.78 is 37.4. The molecular formula is C11H11F3N2O3. The number of hydrogen-bond acceptors (Lipinski definition) is 3. The van der Waals surface area contributed by atoms with Gasteiger partial charge < -0.3 is 10.4 Å². The van der Waals surface area contributed by atoms with Crippen molar-refractivity contribution < 1.29 is 27.9 Å². The van der Waals surface area contributed by atoms with E-state index in [0.717, 1.165) is 17.2 Å². The maximum absolute atomic E-state index is 12.5. The number of aliphatic hydroxyl groups excluding tert-OH is 1. The number of benzene rings is 1. The van der Waals surface area contributed by atoms with Crippen molar-refractivity contribution >= 4 is 11.7 Å². The molecule has 0 aromatic heterocycles. The molecule has 2 amide bonds. The predicted octanol–water partition coefficient (Wildman–Crippen LogP) is 1.85. The van der Waals surface area contributed by atoms with Crippen molar-refractivity contribution in [3.63, 3.8) is 0 Å². The monoisotopic (exact) mass is 276 g/mol. The largest absolute Gasteiger partial charge is 0.416 e. The van der Waals surface area contributed by atoms with E-state index in [1.165, 1.54) is 12.1 Å². The van der Waals surface area contributed by atoms with E-state index in [0.29, 0.717) is 0 Å². The van der Waals surface area contributed by atoms with Crippen molar-refractivity contribution in [2.45, 2.75) is 12.3 Å². The lowest BCUT2D eigenvalue weighted by Gasteiger charge is -2.15. The zero-order valence-corrected chi connectivity index (χ0v) is 9.65. The minimum Gasteiger partial charge on any atom is -0.389 e. The summed E-state index contributed by atoms with van der Waals surface area (Å²) >= 11 is 0. The molecule has 1 aliphatic rings. The standard InChI is InChI=1S/C11H11F3N2O3/c12-11(13,14)7-2-1-3-8(4-7)15-10(18)16-5-9(17)6-19-16/h1-4,9,17H,5-6H2,(H,15,18). The number of carbonyl (C=O) groups is 1. The van der Waals surface area contributed by atoms with Gasteiger partial charge in [0.2, 0.25) is 0 Å². The SMILES string of the molecule is O=C(Nc1cccc(C(F)(F)F)c1)N1CC(O)CO1. The number of rotatable bonds is 1. The first-order valence-corrected chi connectivity index (χ1v) is 5.43. The third kappa shape index (κ3) is 3.36. The van der Waals surface area contributed by atoms with Crippen LogP contribution in [0, 0.1) is 0 Å². The first-order valence-electron chi connectivity index (χ1n) is 5.43. The molecule has 0 bridgehead atoms. The molecule has 1 aromatic rings. The second-order valence-corrected chi connectivity index (χ2v) is 4.02. The van der Waals surface area contributed by atoms with Crippen LogP contribution in [0.1, 0.15) is 5.56 Å². The Bertz CT molecular complexity index is 478. The molecule has 1 saturated heterocycles. The Morgan fingerprint density at radius 3 is 2.79 bits per heavy atom. The molecule has 2 rings (SSSR count). The lowest BCUT2D eigenvalue weighted by Crippen LogP contribution is -2.32. The Labute approximate surface area is 106 Å². The lowest BCUT2D eigenvalue weighted by atomic mass is 10.2. The molecule has 0 aliphatic carbocycles. The Morgan fingerprint density at radius 1 is 1.47 bits per heavy atom. The number of halogens is 3. The van der Waals surface area contributed by atoms with Gasteiger partial charge in [-0.15, -0.1) is 0 Å². The van der Waals surface area contributed by atoms with Crippen LogP contribution in [-0.2, 0) is 11.0 Å². The highest BCUT2D eigenvalue weighted by Crippen LogP contribution is 2.30. The quantitative estimate of drug-likeness (QED) is 0.822. The molecule has 0 radical (unpaired) electrons. The number of amides is 2. The molecule has 1 unspecified atom stereocenters. The molecule has 0 spiro atoms. The molecule has 2 N–H and O–H groups in total. The minimum absolute atomic E-state index is 0.00446. The Kier molecular flexibility index (Phi) is 3.63. The van der Waals surface area contributed by atoms with Gasteiger partial charge in [-0.2, -0.15) is 13.2 Å². The molecule has 0 saturated carbocycles. The van der Waals surface area contributed by atoms with E-state index in [1.54, 1.807) is 0 Å². The predicted molar refractivity (Wildman–Crippen MR) is 59.1 cm³/mol. The summed E-state index contributed by atoms with van der Waals surface area (Å²) in [5, 5.41) is 12.3. The summed E-state index contributed by atoms with van der Waals surface area (Å²) in [5.41, 5.74) is -0.850. The zero-order chi connectivity index (χ0) is 14.0. The highest BCUT2D eigenvalue weighted by Gasteiger charge is 2.31. The molecule has 1 heterocycles. The zero-order valence-electron chi connectivity index (χ0n) is 9.65. The van der Waals surface area contributed by atoms with Gasteiger partial charge in [0, 0.05) is 5.69 Å². The first kappa shape index (κ1) is 13.6. The van der Waals surface area contributed by atoms with Gasteiger partial charge >= 0.3 is 12.2 Å². The lowest BCUT2D eigenvalue weighted by molar-refractivity contribution is -0.137. The highest BCUT2D eigenvalue weighted by atomic mass is 19.4. The number of urea groups is 1. The maximum Gasteiger partial charge on any atom is 0.416 e. The second-order valence-electron chi connectivity index (χ2n) is 4.02. The molecule has 1 fully saturated rings. The number of aliphatic hydroxyl groups is 1. The normalized spacial score (nSPS) is 19.6. The van der Waals surface area contributed by atoms with Crippen LogP contribution in [0.25, 0.3) is 0 Å². The van der Waals surface area contributed by atoms with Gasteiger partial charge in [0.25, 0.3) is 0 Å². The van der Waals surface area contributed by atoms with Crippen molar-refractivity contribution in [1.29, 1.82) is 0 Å². The van der Waals surface area contributed by atoms with E-state index >= 15 is 0 Å². The molecule has 1 atom stereocenters. The summed E-state index contributed by atoms with van der Waals surface area (Å²) in [4.78, 5) is 16.5. The Morgan fingerprint density at radius 2 is 2.21 bits per heavy atom. The fraction of sp³-hybridized carbons (Fsp3) is 0.364. The summed E-state index contributed by atoms with van der Waals surface area (Å²) in [7, 11) is 0. The van der Waals surface area contributed by atoms with Crippen molar-refractivity contribution in [2.24, 2.45) is 0 Å². The van der Waals surface area contributed by atoms with Crippen LogP contribution >= 0.6 is 0 Å². The average Bonchev–Trinajstić information content (AvgIpc) is 2.75. The van der Waals surface area contributed by atoms with Gasteiger partial charge in [0.15, 0.2) is 0 Å². The number of β-amino-alcohol motifs (C(OH)–C–C–N with tert-alkyl or cyclic N) is 1. The maximum atomic E-state index is 12.5. The van der Waals surface area contributed by atoms with Crippen molar-refractivity contribution in [1.82, 2.24) is 5.06 Å². The van der Waals surface area contributed by atoms with E-state index in [-0.39, 0.29) is 18.8 Å². The highest BCUT2D eigenvalue weighted by molar-refractivity contribution is 5.88. The fourth-order valence-corrected chi connectivity index (χ4v) is 1.57. The molecule has 8 heteroatoms. The van der Waals surface area contributed by atoms with Crippen LogP contribution in [0.15, 0.2) is 24.3 Å². The number of hydrogen-bond donors (Lipinski definition) is 2. The third-order valence-corrected chi connectivity index (χ3v) is 2.47. The number of anilines is 1. The second kappa shape index (κ2) is 5.06. The van der Waals surface area contributed by atoms with E-state index in [1.807, 2.05) is 0 Å². The van der Waals surface area contributed by atoms with E-state index in [9.17, 15) is 18.0 Å². The van der Waals surface area contributed by atoms with Gasteiger partial charge in [-0.1, -0.05) is 6.07 Å².